The molecule has 0 unspecified atom stereocenters. The minimum atomic E-state index is -0.393. The second kappa shape index (κ2) is 9.72. The summed E-state index contributed by atoms with van der Waals surface area (Å²) in [6, 6.07) is 12.9. The van der Waals surface area contributed by atoms with Crippen molar-refractivity contribution < 1.29 is 9.53 Å². The van der Waals surface area contributed by atoms with Crippen LogP contribution in [-0.4, -0.2) is 41.0 Å². The average Bonchev–Trinajstić information content (AvgIpc) is 2.80. The van der Waals surface area contributed by atoms with E-state index in [-0.39, 0.29) is 23.9 Å². The molecule has 2 aromatic carbocycles. The number of rotatable bonds is 6. The summed E-state index contributed by atoms with van der Waals surface area (Å²) in [7, 11) is 1.59. The number of benzene rings is 2. The fraction of sp³-hybridized carbons (Fsp3) is 0.333. The van der Waals surface area contributed by atoms with Gasteiger partial charge in [0, 0.05) is 11.1 Å². The van der Waals surface area contributed by atoms with Crippen LogP contribution in [0.2, 0.25) is 0 Å². The highest BCUT2D eigenvalue weighted by atomic mass is 16.5. The molecule has 2 atom stereocenters. The maximum absolute atomic E-state index is 13.0. The van der Waals surface area contributed by atoms with E-state index in [4.69, 9.17) is 16.2 Å². The second-order valence-electron chi connectivity index (χ2n) is 8.20. The van der Waals surface area contributed by atoms with Gasteiger partial charge in [0.25, 0.3) is 5.91 Å². The molecule has 0 saturated heterocycles. The van der Waals surface area contributed by atoms with Crippen molar-refractivity contribution in [3.05, 3.63) is 53.9 Å². The number of nitrogens with two attached hydrogens (primary N) is 2. The summed E-state index contributed by atoms with van der Waals surface area (Å²) < 4.78 is 5.17. The first kappa shape index (κ1) is 22.3. The first-order chi connectivity index (χ1) is 15.9. The van der Waals surface area contributed by atoms with E-state index in [9.17, 15) is 4.79 Å². The molecule has 1 aliphatic carbocycles. The summed E-state index contributed by atoms with van der Waals surface area (Å²) in [5, 5.41) is 7.26. The van der Waals surface area contributed by atoms with Crippen LogP contribution in [0, 0.1) is 6.92 Å². The Kier molecular flexibility index (Phi) is 6.58. The van der Waals surface area contributed by atoms with Crippen molar-refractivity contribution in [1.82, 2.24) is 9.97 Å². The molecule has 6 N–H and O–H groups in total. The number of anilines is 2. The van der Waals surface area contributed by atoms with Gasteiger partial charge in [-0.2, -0.15) is 0 Å². The number of guanidine groups is 1. The smallest absolute Gasteiger partial charge is 0.293 e. The van der Waals surface area contributed by atoms with Crippen molar-refractivity contribution in [2.24, 2.45) is 16.5 Å². The zero-order chi connectivity index (χ0) is 23.4. The van der Waals surface area contributed by atoms with Crippen LogP contribution < -0.4 is 26.8 Å². The van der Waals surface area contributed by atoms with Crippen molar-refractivity contribution in [2.75, 3.05) is 17.7 Å². The van der Waals surface area contributed by atoms with E-state index in [1.807, 2.05) is 25.1 Å². The lowest BCUT2D eigenvalue weighted by atomic mass is 9.90. The second-order valence-corrected chi connectivity index (χ2v) is 8.20. The molecule has 0 spiro atoms. The number of amides is 1. The lowest BCUT2D eigenvalue weighted by Crippen LogP contribution is -2.38. The largest absolute Gasteiger partial charge is 0.497 e. The van der Waals surface area contributed by atoms with Crippen LogP contribution in [0.15, 0.2) is 47.5 Å². The van der Waals surface area contributed by atoms with Crippen molar-refractivity contribution in [3.8, 4) is 5.75 Å². The molecular weight excluding hydrogens is 418 g/mol. The van der Waals surface area contributed by atoms with Crippen molar-refractivity contribution in [3.63, 3.8) is 0 Å². The summed E-state index contributed by atoms with van der Waals surface area (Å²) >= 11 is 0. The van der Waals surface area contributed by atoms with Crippen molar-refractivity contribution in [1.29, 1.82) is 0 Å². The minimum Gasteiger partial charge on any atom is -0.497 e. The first-order valence-corrected chi connectivity index (χ1v) is 11.0. The summed E-state index contributed by atoms with van der Waals surface area (Å²) in [5.74, 6) is 1.09. The molecule has 1 fully saturated rings. The van der Waals surface area contributed by atoms with Crippen LogP contribution in [-0.2, 0) is 0 Å². The highest BCUT2D eigenvalue weighted by molar-refractivity contribution is 6.04. The number of nitrogens with zero attached hydrogens (tertiary/aromatic N) is 3. The van der Waals surface area contributed by atoms with Gasteiger partial charge in [-0.15, -0.1) is 0 Å². The number of aromatic nitrogens is 2. The Morgan fingerprint density at radius 3 is 2.58 bits per heavy atom. The predicted molar refractivity (Wildman–Crippen MR) is 131 cm³/mol. The van der Waals surface area contributed by atoms with E-state index in [2.05, 4.69) is 25.6 Å². The van der Waals surface area contributed by atoms with Gasteiger partial charge >= 0.3 is 0 Å². The zero-order valence-corrected chi connectivity index (χ0v) is 18.8. The summed E-state index contributed by atoms with van der Waals surface area (Å²) in [6.07, 6.45) is 3.94. The Morgan fingerprint density at radius 2 is 1.85 bits per heavy atom. The third-order valence-electron chi connectivity index (χ3n) is 5.85. The molecule has 172 valence electrons. The molecule has 1 aliphatic rings. The quantitative estimate of drug-likeness (QED) is 0.336. The number of fused-ring (bicyclic) bond motifs is 1. The van der Waals surface area contributed by atoms with Crippen LogP contribution in [0.3, 0.4) is 0 Å². The Morgan fingerprint density at radius 1 is 1.09 bits per heavy atom. The maximum atomic E-state index is 13.0. The lowest BCUT2D eigenvalue weighted by Gasteiger charge is -2.30. The minimum absolute atomic E-state index is 0.0102. The van der Waals surface area contributed by atoms with Crippen LogP contribution >= 0.6 is 0 Å². The van der Waals surface area contributed by atoms with Gasteiger partial charge in [0.15, 0.2) is 5.96 Å². The number of carbonyl (C=O) groups excluding carboxylic acids is 1. The molecule has 9 nitrogen and oxygen atoms in total. The van der Waals surface area contributed by atoms with E-state index >= 15 is 0 Å². The number of methoxy groups -OCH3 is 1. The van der Waals surface area contributed by atoms with E-state index in [1.54, 1.807) is 31.4 Å². The highest BCUT2D eigenvalue weighted by Gasteiger charge is 2.27. The summed E-state index contributed by atoms with van der Waals surface area (Å²) in [5.41, 5.74) is 13.7. The Hall–Kier alpha value is -3.88. The number of aryl methyl sites for hydroxylation is 1. The fourth-order valence-electron chi connectivity index (χ4n) is 4.22. The van der Waals surface area contributed by atoms with Gasteiger partial charge in [0.05, 0.1) is 24.7 Å². The molecule has 0 aliphatic heterocycles. The van der Waals surface area contributed by atoms with Gasteiger partial charge in [0.2, 0.25) is 5.82 Å². The molecule has 1 heterocycles. The number of carbonyl (C=O) groups is 1. The standard InChI is InChI=1S/C24H29N7O2/c1-14-6-5-9-19-20(14)21(28-17-7-3-4-8-18(17)30-24(25)26)31-22(29-19)23(32)27-15-10-12-16(33-2)13-11-15/h5-6,9-13,17-18H,3-4,7-8H2,1-2H3,(H,27,32)(H4,25,26,30)(H,28,29,31)/t17-,18+/m0/s1. The number of hydrogen-bond donors (Lipinski definition) is 4. The van der Waals surface area contributed by atoms with Crippen molar-refractivity contribution in [2.45, 2.75) is 44.7 Å². The Balaban J connectivity index is 1.67. The van der Waals surface area contributed by atoms with Crippen LogP contribution in [0.5, 0.6) is 5.75 Å². The zero-order valence-electron chi connectivity index (χ0n) is 18.8. The molecule has 1 amide bonds. The average molecular weight is 448 g/mol. The van der Waals surface area contributed by atoms with E-state index < -0.39 is 5.91 Å². The molecule has 4 rings (SSSR count). The molecule has 9 heteroatoms. The van der Waals surface area contributed by atoms with E-state index in [0.717, 1.165) is 36.6 Å². The topological polar surface area (TPSA) is 141 Å². The SMILES string of the molecule is COc1ccc(NC(=O)c2nc(N[C@H]3CCCC[C@H]3N=C(N)N)c3c(C)cccc3n2)cc1. The maximum Gasteiger partial charge on any atom is 0.293 e. The van der Waals surface area contributed by atoms with Gasteiger partial charge in [-0.05, 0) is 55.7 Å². The highest BCUT2D eigenvalue weighted by Crippen LogP contribution is 2.29. The Bertz CT molecular complexity index is 1170. The molecule has 1 saturated carbocycles. The van der Waals surface area contributed by atoms with Crippen LogP contribution in [0.4, 0.5) is 11.5 Å². The van der Waals surface area contributed by atoms with Crippen LogP contribution in [0.25, 0.3) is 10.9 Å². The van der Waals surface area contributed by atoms with Crippen molar-refractivity contribution >= 4 is 34.3 Å². The number of nitrogens with one attached hydrogen (secondary N) is 2. The van der Waals surface area contributed by atoms with Gasteiger partial charge in [-0.3, -0.25) is 4.79 Å². The Labute approximate surface area is 192 Å². The van der Waals surface area contributed by atoms with E-state index in [0.29, 0.717) is 22.8 Å². The number of hydrogen-bond acceptors (Lipinski definition) is 6. The van der Waals surface area contributed by atoms with Gasteiger partial charge in [0.1, 0.15) is 11.6 Å². The van der Waals surface area contributed by atoms with E-state index in [1.165, 1.54) is 0 Å². The molecule has 33 heavy (non-hydrogen) atoms. The molecule has 0 bridgehead atoms. The lowest BCUT2D eigenvalue weighted by molar-refractivity contribution is 0.101. The first-order valence-electron chi connectivity index (χ1n) is 11.0. The third-order valence-corrected chi connectivity index (χ3v) is 5.85. The summed E-state index contributed by atoms with van der Waals surface area (Å²) in [4.78, 5) is 26.6. The predicted octanol–water partition coefficient (Wildman–Crippen LogP) is 3.20. The molecular formula is C24H29N7O2. The third kappa shape index (κ3) is 5.14. The van der Waals surface area contributed by atoms with Gasteiger partial charge < -0.3 is 26.8 Å². The molecule has 3 aromatic rings. The normalized spacial score (nSPS) is 17.9. The monoisotopic (exact) mass is 447 g/mol. The number of ether oxygens (including phenoxy) is 1. The van der Waals surface area contributed by atoms with Crippen LogP contribution in [0.1, 0.15) is 41.9 Å². The number of aliphatic imine (C=N–C) groups is 1. The van der Waals surface area contributed by atoms with Gasteiger partial charge in [-0.25, -0.2) is 15.0 Å². The fourth-order valence-corrected chi connectivity index (χ4v) is 4.22. The molecule has 1 aromatic heterocycles. The summed E-state index contributed by atoms with van der Waals surface area (Å²) in [6.45, 7) is 2.00. The van der Waals surface area contributed by atoms with Gasteiger partial charge in [-0.1, -0.05) is 25.0 Å². The molecule has 0 radical (unpaired) electrons.